The molecule has 0 aliphatic heterocycles. The van der Waals surface area contributed by atoms with Crippen molar-refractivity contribution in [3.05, 3.63) is 0 Å². The van der Waals surface area contributed by atoms with E-state index in [-0.39, 0.29) is 0 Å². The summed E-state index contributed by atoms with van der Waals surface area (Å²) in [5.74, 6) is 0.375. The lowest BCUT2D eigenvalue weighted by atomic mass is 10.5. The number of nitrogens with zero attached hydrogens (tertiary/aromatic N) is 5. The van der Waals surface area contributed by atoms with Gasteiger partial charge in [-0.3, -0.25) is 0 Å². The molecule has 0 spiro atoms. The second kappa shape index (κ2) is 4.01. The van der Waals surface area contributed by atoms with Crippen LogP contribution in [0, 0.1) is 0 Å². The van der Waals surface area contributed by atoms with E-state index in [1.165, 1.54) is 0 Å². The molecule has 0 saturated heterocycles. The van der Waals surface area contributed by atoms with Gasteiger partial charge in [0, 0.05) is 6.54 Å². The Bertz CT molecular complexity index is 232. The Balaban J connectivity index is 2.38. The van der Waals surface area contributed by atoms with E-state index in [9.17, 15) is 0 Å². The van der Waals surface area contributed by atoms with E-state index in [1.807, 2.05) is 7.05 Å². The van der Waals surface area contributed by atoms with Crippen molar-refractivity contribution >= 4 is 5.95 Å². The van der Waals surface area contributed by atoms with E-state index in [1.54, 1.807) is 4.68 Å². The summed E-state index contributed by atoms with van der Waals surface area (Å²) in [7, 11) is 2.04. The smallest absolute Gasteiger partial charge is 0.240 e. The van der Waals surface area contributed by atoms with Crippen LogP contribution >= 0.6 is 0 Å². The maximum atomic E-state index is 5.48. The topological polar surface area (TPSA) is 72.9 Å². The van der Waals surface area contributed by atoms with Gasteiger partial charge in [0.25, 0.3) is 0 Å². The van der Waals surface area contributed by atoms with Crippen LogP contribution in [-0.4, -0.2) is 45.2 Å². The van der Waals surface area contributed by atoms with Gasteiger partial charge < -0.3 is 10.6 Å². The van der Waals surface area contributed by atoms with Crippen molar-refractivity contribution in [1.82, 2.24) is 25.1 Å². The molecule has 1 heterocycles. The number of likely N-dealkylation sites (N-methyl/N-ethyl adjacent to an activating group) is 1. The summed E-state index contributed by atoms with van der Waals surface area (Å²) in [5.41, 5.74) is 5.48. The van der Waals surface area contributed by atoms with Crippen molar-refractivity contribution in [2.75, 3.05) is 25.9 Å². The Morgan fingerprint density at radius 2 is 2.33 bits per heavy atom. The minimum absolute atomic E-state index is 0.375. The summed E-state index contributed by atoms with van der Waals surface area (Å²) in [6.45, 7) is 4.76. The van der Waals surface area contributed by atoms with Crippen LogP contribution in [0.15, 0.2) is 0 Å². The fourth-order valence-electron chi connectivity index (χ4n) is 0.794. The van der Waals surface area contributed by atoms with Crippen LogP contribution in [0.2, 0.25) is 0 Å². The lowest BCUT2D eigenvalue weighted by molar-refractivity contribution is 0.327. The molecule has 68 valence electrons. The number of nitrogens with two attached hydrogens (primary N) is 1. The van der Waals surface area contributed by atoms with Crippen LogP contribution in [0.25, 0.3) is 0 Å². The first kappa shape index (κ1) is 8.92. The fraction of sp³-hybridized carbons (Fsp3) is 0.833. The molecule has 0 unspecified atom stereocenters. The Kier molecular flexibility index (Phi) is 2.98. The third kappa shape index (κ3) is 2.16. The van der Waals surface area contributed by atoms with Gasteiger partial charge in [0.2, 0.25) is 5.95 Å². The molecular weight excluding hydrogens is 156 g/mol. The van der Waals surface area contributed by atoms with Gasteiger partial charge in [-0.25, -0.2) is 4.68 Å². The Morgan fingerprint density at radius 1 is 1.58 bits per heavy atom. The molecule has 0 amide bonds. The van der Waals surface area contributed by atoms with Crippen molar-refractivity contribution in [3.63, 3.8) is 0 Å². The molecule has 0 saturated carbocycles. The zero-order chi connectivity index (χ0) is 8.97. The first-order valence-corrected chi connectivity index (χ1v) is 3.94. The van der Waals surface area contributed by atoms with Crippen LogP contribution < -0.4 is 5.73 Å². The van der Waals surface area contributed by atoms with E-state index < -0.39 is 0 Å². The number of hydrogen-bond donors (Lipinski definition) is 1. The average Bonchev–Trinajstić information content (AvgIpc) is 2.47. The zero-order valence-corrected chi connectivity index (χ0v) is 7.43. The predicted octanol–water partition coefficient (Wildman–Crippen LogP) is -0.793. The van der Waals surface area contributed by atoms with Crippen LogP contribution in [0.5, 0.6) is 0 Å². The first-order chi connectivity index (χ1) is 5.74. The van der Waals surface area contributed by atoms with Gasteiger partial charge >= 0.3 is 0 Å². The Morgan fingerprint density at radius 3 is 2.83 bits per heavy atom. The van der Waals surface area contributed by atoms with Crippen LogP contribution in [0.3, 0.4) is 0 Å². The molecule has 0 aliphatic carbocycles. The van der Waals surface area contributed by atoms with Crippen molar-refractivity contribution in [3.8, 4) is 0 Å². The van der Waals surface area contributed by atoms with E-state index >= 15 is 0 Å². The molecule has 1 aromatic heterocycles. The molecule has 12 heavy (non-hydrogen) atoms. The third-order valence-corrected chi connectivity index (χ3v) is 1.79. The average molecular weight is 170 g/mol. The highest BCUT2D eigenvalue weighted by atomic mass is 15.6. The lowest BCUT2D eigenvalue weighted by Gasteiger charge is -2.12. The number of hydrogen-bond acceptors (Lipinski definition) is 5. The highest BCUT2D eigenvalue weighted by Crippen LogP contribution is 1.92. The quantitative estimate of drug-likeness (QED) is 0.641. The van der Waals surface area contributed by atoms with Gasteiger partial charge in [0.1, 0.15) is 0 Å². The second-order valence-corrected chi connectivity index (χ2v) is 2.66. The molecule has 0 aliphatic rings. The maximum Gasteiger partial charge on any atom is 0.240 e. The van der Waals surface area contributed by atoms with E-state index in [2.05, 4.69) is 27.3 Å². The predicted molar refractivity (Wildman–Crippen MR) is 45.4 cm³/mol. The molecule has 0 radical (unpaired) electrons. The minimum Gasteiger partial charge on any atom is -0.367 e. The molecule has 6 heteroatoms. The molecule has 1 rings (SSSR count). The normalized spacial score (nSPS) is 10.9. The highest BCUT2D eigenvalue weighted by Gasteiger charge is 2.01. The molecule has 0 atom stereocenters. The summed E-state index contributed by atoms with van der Waals surface area (Å²) in [5, 5.41) is 10.8. The SMILES string of the molecule is CCN(C)CCn1nnnc1N. The molecule has 0 bridgehead atoms. The molecular formula is C6H14N6. The van der Waals surface area contributed by atoms with Crippen LogP contribution in [0.1, 0.15) is 6.92 Å². The van der Waals surface area contributed by atoms with E-state index in [0.717, 1.165) is 19.6 Å². The van der Waals surface area contributed by atoms with Gasteiger partial charge in [-0.1, -0.05) is 12.0 Å². The summed E-state index contributed by atoms with van der Waals surface area (Å²) < 4.78 is 1.59. The number of aromatic nitrogens is 4. The van der Waals surface area contributed by atoms with Crippen LogP contribution in [0.4, 0.5) is 5.95 Å². The summed E-state index contributed by atoms with van der Waals surface area (Å²) in [6.07, 6.45) is 0. The van der Waals surface area contributed by atoms with E-state index in [0.29, 0.717) is 5.95 Å². The standard InChI is InChI=1S/C6H14N6/c1-3-11(2)4-5-12-6(7)8-9-10-12/h3-5H2,1-2H3,(H2,7,8,10). The number of anilines is 1. The second-order valence-electron chi connectivity index (χ2n) is 2.66. The lowest BCUT2D eigenvalue weighted by Crippen LogP contribution is -2.23. The minimum atomic E-state index is 0.375. The largest absolute Gasteiger partial charge is 0.367 e. The van der Waals surface area contributed by atoms with Gasteiger partial charge in [-0.2, -0.15) is 0 Å². The highest BCUT2D eigenvalue weighted by molar-refractivity contribution is 5.09. The monoisotopic (exact) mass is 170 g/mol. The summed E-state index contributed by atoms with van der Waals surface area (Å²) >= 11 is 0. The molecule has 0 fully saturated rings. The van der Waals surface area contributed by atoms with Gasteiger partial charge in [-0.15, -0.1) is 0 Å². The van der Waals surface area contributed by atoms with Crippen LogP contribution in [-0.2, 0) is 6.54 Å². The number of nitrogen functional groups attached to an aromatic ring is 1. The molecule has 0 aromatic carbocycles. The fourth-order valence-corrected chi connectivity index (χ4v) is 0.794. The summed E-state index contributed by atoms with van der Waals surface area (Å²) in [6, 6.07) is 0. The first-order valence-electron chi connectivity index (χ1n) is 3.94. The van der Waals surface area contributed by atoms with Crippen molar-refractivity contribution in [2.24, 2.45) is 0 Å². The van der Waals surface area contributed by atoms with Crippen molar-refractivity contribution in [2.45, 2.75) is 13.5 Å². The Labute approximate surface area is 71.3 Å². The van der Waals surface area contributed by atoms with Crippen molar-refractivity contribution < 1.29 is 0 Å². The number of rotatable bonds is 4. The number of tetrazole rings is 1. The molecule has 1 aromatic rings. The zero-order valence-electron chi connectivity index (χ0n) is 7.43. The Hall–Kier alpha value is -1.17. The summed E-state index contributed by atoms with van der Waals surface area (Å²) in [4.78, 5) is 2.17. The van der Waals surface area contributed by atoms with Crippen molar-refractivity contribution in [1.29, 1.82) is 0 Å². The van der Waals surface area contributed by atoms with Gasteiger partial charge in [0.15, 0.2) is 0 Å². The van der Waals surface area contributed by atoms with E-state index in [4.69, 9.17) is 5.73 Å². The van der Waals surface area contributed by atoms with Gasteiger partial charge in [-0.05, 0) is 24.0 Å². The van der Waals surface area contributed by atoms with Gasteiger partial charge in [0.05, 0.1) is 6.54 Å². The molecule has 6 nitrogen and oxygen atoms in total. The maximum absolute atomic E-state index is 5.48. The third-order valence-electron chi connectivity index (χ3n) is 1.79. The molecule has 2 N–H and O–H groups in total.